The molecule has 2 fully saturated rings. The van der Waals surface area contributed by atoms with Gasteiger partial charge in [-0.25, -0.2) is 4.98 Å². The zero-order chi connectivity index (χ0) is 13.2. The van der Waals surface area contributed by atoms with E-state index in [1.807, 2.05) is 7.05 Å². The van der Waals surface area contributed by atoms with Crippen molar-refractivity contribution in [2.24, 2.45) is 0 Å². The predicted molar refractivity (Wildman–Crippen MR) is 77.8 cm³/mol. The summed E-state index contributed by atoms with van der Waals surface area (Å²) < 4.78 is 0. The molecule has 19 heavy (non-hydrogen) atoms. The van der Waals surface area contributed by atoms with Crippen molar-refractivity contribution in [2.45, 2.75) is 37.8 Å². The van der Waals surface area contributed by atoms with Crippen LogP contribution in [0.1, 0.15) is 25.7 Å². The Bertz CT molecular complexity index is 453. The standard InChI is InChI=1S/C13H20ClN5/c1-15-13-16-8-11(14)12(18-13)17-9-4-6-19-5-2-3-10(19)7-9/h8-10H,2-7H2,1H3,(H2,15,16,17,18). The molecule has 6 heteroatoms. The van der Waals surface area contributed by atoms with Crippen molar-refractivity contribution >= 4 is 23.4 Å². The maximum Gasteiger partial charge on any atom is 0.224 e. The Morgan fingerprint density at radius 2 is 2.26 bits per heavy atom. The van der Waals surface area contributed by atoms with Crippen molar-refractivity contribution in [3.05, 3.63) is 11.2 Å². The van der Waals surface area contributed by atoms with E-state index >= 15 is 0 Å². The maximum atomic E-state index is 6.16. The number of hydrogen-bond donors (Lipinski definition) is 2. The maximum absolute atomic E-state index is 6.16. The van der Waals surface area contributed by atoms with Gasteiger partial charge in [0, 0.05) is 25.7 Å². The lowest BCUT2D eigenvalue weighted by Gasteiger charge is -2.35. The molecule has 1 aromatic heterocycles. The fraction of sp³-hybridized carbons (Fsp3) is 0.692. The minimum absolute atomic E-state index is 0.469. The molecule has 0 saturated carbocycles. The molecule has 3 rings (SSSR count). The second-order valence-electron chi connectivity index (χ2n) is 5.34. The lowest BCUT2D eigenvalue weighted by atomic mass is 9.97. The van der Waals surface area contributed by atoms with E-state index in [1.54, 1.807) is 6.20 Å². The van der Waals surface area contributed by atoms with Crippen LogP contribution in [0.25, 0.3) is 0 Å². The molecule has 2 aliphatic rings. The SMILES string of the molecule is CNc1ncc(Cl)c(NC2CCN3CCCC3C2)n1. The number of aromatic nitrogens is 2. The van der Waals surface area contributed by atoms with Crippen LogP contribution in [0.15, 0.2) is 6.20 Å². The van der Waals surface area contributed by atoms with Gasteiger partial charge in [0.05, 0.1) is 6.20 Å². The molecule has 104 valence electrons. The molecule has 0 spiro atoms. The summed E-state index contributed by atoms with van der Waals surface area (Å²) in [6.45, 7) is 2.46. The molecule has 2 saturated heterocycles. The lowest BCUT2D eigenvalue weighted by molar-refractivity contribution is 0.188. The average Bonchev–Trinajstić information content (AvgIpc) is 2.89. The molecule has 2 atom stereocenters. The quantitative estimate of drug-likeness (QED) is 0.890. The summed E-state index contributed by atoms with van der Waals surface area (Å²) in [5.41, 5.74) is 0. The number of halogens is 1. The monoisotopic (exact) mass is 281 g/mol. The molecule has 0 aromatic carbocycles. The van der Waals surface area contributed by atoms with E-state index in [1.165, 1.54) is 32.4 Å². The molecule has 1 aromatic rings. The second kappa shape index (κ2) is 5.51. The predicted octanol–water partition coefficient (Wildman–Crippen LogP) is 2.21. The molecule has 3 heterocycles. The van der Waals surface area contributed by atoms with Gasteiger partial charge in [0.15, 0.2) is 5.82 Å². The fourth-order valence-corrected chi connectivity index (χ4v) is 3.28. The van der Waals surface area contributed by atoms with Crippen LogP contribution < -0.4 is 10.6 Å². The van der Waals surface area contributed by atoms with Crippen LogP contribution in [-0.4, -0.2) is 47.1 Å². The van der Waals surface area contributed by atoms with Gasteiger partial charge >= 0.3 is 0 Å². The molecular formula is C13H20ClN5. The summed E-state index contributed by atoms with van der Waals surface area (Å²) in [5, 5.41) is 7.02. The van der Waals surface area contributed by atoms with Crippen LogP contribution in [0.4, 0.5) is 11.8 Å². The normalized spacial score (nSPS) is 27.1. The molecule has 0 bridgehead atoms. The number of hydrogen-bond acceptors (Lipinski definition) is 5. The van der Waals surface area contributed by atoms with E-state index in [2.05, 4.69) is 25.5 Å². The van der Waals surface area contributed by atoms with E-state index in [0.717, 1.165) is 18.3 Å². The van der Waals surface area contributed by atoms with Crippen LogP contribution in [0.5, 0.6) is 0 Å². The zero-order valence-electron chi connectivity index (χ0n) is 11.2. The van der Waals surface area contributed by atoms with Crippen LogP contribution in [0, 0.1) is 0 Å². The Morgan fingerprint density at radius 1 is 1.37 bits per heavy atom. The van der Waals surface area contributed by atoms with E-state index in [4.69, 9.17) is 11.6 Å². The largest absolute Gasteiger partial charge is 0.366 e. The number of nitrogens with one attached hydrogen (secondary N) is 2. The first-order valence-corrected chi connectivity index (χ1v) is 7.35. The van der Waals surface area contributed by atoms with Gasteiger partial charge in [0.2, 0.25) is 5.95 Å². The van der Waals surface area contributed by atoms with Crippen LogP contribution in [0.3, 0.4) is 0 Å². The summed E-state index contributed by atoms with van der Waals surface area (Å²) in [6, 6.07) is 1.21. The van der Waals surface area contributed by atoms with Crippen molar-refractivity contribution in [2.75, 3.05) is 30.8 Å². The highest BCUT2D eigenvalue weighted by molar-refractivity contribution is 6.32. The summed E-state index contributed by atoms with van der Waals surface area (Å²) in [5.74, 6) is 1.35. The summed E-state index contributed by atoms with van der Waals surface area (Å²) in [6.07, 6.45) is 6.67. The zero-order valence-corrected chi connectivity index (χ0v) is 12.0. The first-order valence-electron chi connectivity index (χ1n) is 6.97. The van der Waals surface area contributed by atoms with Gasteiger partial charge in [-0.2, -0.15) is 4.98 Å². The molecule has 2 N–H and O–H groups in total. The first kappa shape index (κ1) is 12.9. The molecule has 0 aliphatic carbocycles. The molecule has 2 unspecified atom stereocenters. The topological polar surface area (TPSA) is 53.1 Å². The molecule has 2 aliphatic heterocycles. The van der Waals surface area contributed by atoms with Gasteiger partial charge in [0.1, 0.15) is 5.02 Å². The van der Waals surface area contributed by atoms with Crippen molar-refractivity contribution in [1.82, 2.24) is 14.9 Å². The van der Waals surface area contributed by atoms with Crippen LogP contribution in [0.2, 0.25) is 5.02 Å². The fourth-order valence-electron chi connectivity index (χ4n) is 3.14. The smallest absolute Gasteiger partial charge is 0.224 e. The van der Waals surface area contributed by atoms with Gasteiger partial charge < -0.3 is 15.5 Å². The molecule has 0 amide bonds. The van der Waals surface area contributed by atoms with Crippen molar-refractivity contribution < 1.29 is 0 Å². The summed E-state index contributed by atoms with van der Waals surface area (Å²) >= 11 is 6.16. The minimum atomic E-state index is 0.469. The van der Waals surface area contributed by atoms with Gasteiger partial charge in [-0.3, -0.25) is 0 Å². The Balaban J connectivity index is 1.68. The summed E-state index contributed by atoms with van der Waals surface area (Å²) in [4.78, 5) is 11.1. The Hall–Kier alpha value is -1.07. The molecule has 5 nitrogen and oxygen atoms in total. The number of nitrogens with zero attached hydrogens (tertiary/aromatic N) is 3. The van der Waals surface area contributed by atoms with E-state index in [9.17, 15) is 0 Å². The minimum Gasteiger partial charge on any atom is -0.366 e. The van der Waals surface area contributed by atoms with Crippen molar-refractivity contribution in [3.8, 4) is 0 Å². The van der Waals surface area contributed by atoms with E-state index < -0.39 is 0 Å². The van der Waals surface area contributed by atoms with Gasteiger partial charge in [-0.15, -0.1) is 0 Å². The summed E-state index contributed by atoms with van der Waals surface area (Å²) in [7, 11) is 1.81. The van der Waals surface area contributed by atoms with E-state index in [0.29, 0.717) is 17.0 Å². The number of anilines is 2. The molecule has 0 radical (unpaired) electrons. The first-order chi connectivity index (χ1) is 9.26. The number of piperidine rings is 1. The highest BCUT2D eigenvalue weighted by Gasteiger charge is 2.31. The highest BCUT2D eigenvalue weighted by atomic mass is 35.5. The third-order valence-electron chi connectivity index (χ3n) is 4.13. The van der Waals surface area contributed by atoms with Crippen molar-refractivity contribution in [3.63, 3.8) is 0 Å². The Labute approximate surface area is 118 Å². The van der Waals surface area contributed by atoms with Crippen molar-refractivity contribution in [1.29, 1.82) is 0 Å². The average molecular weight is 282 g/mol. The Kier molecular flexibility index (Phi) is 3.75. The highest BCUT2D eigenvalue weighted by Crippen LogP contribution is 2.29. The van der Waals surface area contributed by atoms with Gasteiger partial charge in [-0.05, 0) is 32.2 Å². The van der Waals surface area contributed by atoms with Gasteiger partial charge in [0.25, 0.3) is 0 Å². The van der Waals surface area contributed by atoms with Crippen LogP contribution in [-0.2, 0) is 0 Å². The van der Waals surface area contributed by atoms with Gasteiger partial charge in [-0.1, -0.05) is 11.6 Å². The third kappa shape index (κ3) is 2.77. The van der Waals surface area contributed by atoms with E-state index in [-0.39, 0.29) is 0 Å². The van der Waals surface area contributed by atoms with Crippen LogP contribution >= 0.6 is 11.6 Å². The second-order valence-corrected chi connectivity index (χ2v) is 5.75. The third-order valence-corrected chi connectivity index (χ3v) is 4.41. The number of fused-ring (bicyclic) bond motifs is 1. The lowest BCUT2D eigenvalue weighted by Crippen LogP contribution is -2.42. The Morgan fingerprint density at radius 3 is 3.11 bits per heavy atom. The number of rotatable bonds is 3. The molecular weight excluding hydrogens is 262 g/mol.